The van der Waals surface area contributed by atoms with E-state index < -0.39 is 0 Å². The molecular weight excluding hydrogens is 420 g/mol. The number of nitrogens with one attached hydrogen (secondary N) is 2. The molecule has 32 heavy (non-hydrogen) atoms. The number of pyridine rings is 1. The summed E-state index contributed by atoms with van der Waals surface area (Å²) in [6, 6.07) is 29.4. The van der Waals surface area contributed by atoms with Crippen molar-refractivity contribution in [3.8, 4) is 16.9 Å². The molecule has 0 bridgehead atoms. The molecule has 6 heteroatoms. The van der Waals surface area contributed by atoms with Crippen LogP contribution in [0.2, 0.25) is 5.02 Å². The lowest BCUT2D eigenvalue weighted by atomic mass is 10.1. The first-order chi connectivity index (χ1) is 15.7. The Kier molecular flexibility index (Phi) is 5.58. The first-order valence-electron chi connectivity index (χ1n) is 10.4. The third-order valence-corrected chi connectivity index (χ3v) is 5.62. The second-order valence-corrected chi connectivity index (χ2v) is 8.01. The van der Waals surface area contributed by atoms with Crippen LogP contribution in [-0.2, 0) is 13.1 Å². The van der Waals surface area contributed by atoms with E-state index >= 15 is 0 Å². The molecular formula is C26H21ClN4O. The molecule has 0 radical (unpaired) electrons. The lowest BCUT2D eigenvalue weighted by Gasteiger charge is -2.06. The molecule has 0 aliphatic rings. The van der Waals surface area contributed by atoms with Crippen LogP contribution in [-0.4, -0.2) is 14.8 Å². The third kappa shape index (κ3) is 4.08. The molecule has 0 atom stereocenters. The van der Waals surface area contributed by atoms with Gasteiger partial charge in [-0.1, -0.05) is 72.3 Å². The first kappa shape index (κ1) is 20.2. The lowest BCUT2D eigenvalue weighted by molar-refractivity contribution is 0.688. The van der Waals surface area contributed by atoms with Gasteiger partial charge in [-0.15, -0.1) is 0 Å². The number of aromatic amines is 1. The van der Waals surface area contributed by atoms with E-state index in [-0.39, 0.29) is 5.56 Å². The molecule has 2 heterocycles. The van der Waals surface area contributed by atoms with Gasteiger partial charge in [-0.2, -0.15) is 5.10 Å². The monoisotopic (exact) mass is 440 g/mol. The molecule has 3 aromatic carbocycles. The Morgan fingerprint density at radius 2 is 1.56 bits per heavy atom. The van der Waals surface area contributed by atoms with Crippen LogP contribution in [0.1, 0.15) is 11.1 Å². The van der Waals surface area contributed by atoms with Gasteiger partial charge in [0.25, 0.3) is 5.56 Å². The molecule has 0 aliphatic carbocycles. The predicted molar refractivity (Wildman–Crippen MR) is 129 cm³/mol. The Labute approximate surface area is 190 Å². The third-order valence-electron chi connectivity index (χ3n) is 5.37. The van der Waals surface area contributed by atoms with Crippen LogP contribution in [0.15, 0.2) is 95.8 Å². The van der Waals surface area contributed by atoms with Crippen LogP contribution in [0.3, 0.4) is 0 Å². The summed E-state index contributed by atoms with van der Waals surface area (Å²) < 4.78 is 1.80. The van der Waals surface area contributed by atoms with Crippen LogP contribution in [0.5, 0.6) is 0 Å². The van der Waals surface area contributed by atoms with E-state index in [1.54, 1.807) is 4.68 Å². The number of fused-ring (bicyclic) bond motifs is 1. The lowest BCUT2D eigenvalue weighted by Crippen LogP contribution is -2.21. The molecule has 2 aromatic heterocycles. The van der Waals surface area contributed by atoms with E-state index in [0.29, 0.717) is 29.3 Å². The van der Waals surface area contributed by atoms with Crippen molar-refractivity contribution in [3.05, 3.63) is 117 Å². The van der Waals surface area contributed by atoms with E-state index in [1.165, 1.54) is 0 Å². The fourth-order valence-corrected chi connectivity index (χ4v) is 3.88. The molecule has 2 N–H and O–H groups in total. The summed E-state index contributed by atoms with van der Waals surface area (Å²) in [5.41, 5.74) is 5.05. The van der Waals surface area contributed by atoms with Crippen molar-refractivity contribution < 1.29 is 0 Å². The zero-order chi connectivity index (χ0) is 21.9. The molecule has 0 amide bonds. The van der Waals surface area contributed by atoms with Crippen LogP contribution < -0.4 is 10.9 Å². The molecule has 0 spiro atoms. The average Bonchev–Trinajstić information content (AvgIpc) is 3.20. The van der Waals surface area contributed by atoms with Crippen molar-refractivity contribution in [1.82, 2.24) is 20.1 Å². The van der Waals surface area contributed by atoms with Gasteiger partial charge in [0.1, 0.15) is 11.3 Å². The van der Waals surface area contributed by atoms with Crippen LogP contribution >= 0.6 is 11.6 Å². The van der Waals surface area contributed by atoms with Crippen molar-refractivity contribution in [2.75, 3.05) is 0 Å². The summed E-state index contributed by atoms with van der Waals surface area (Å²) in [6.45, 7) is 1.09. The summed E-state index contributed by atoms with van der Waals surface area (Å²) in [5.74, 6) is 0. The van der Waals surface area contributed by atoms with Crippen molar-refractivity contribution in [3.63, 3.8) is 0 Å². The maximum Gasteiger partial charge on any atom is 0.254 e. The van der Waals surface area contributed by atoms with Gasteiger partial charge in [-0.3, -0.25) is 4.79 Å². The molecule has 5 aromatic rings. The van der Waals surface area contributed by atoms with Crippen molar-refractivity contribution in [2.24, 2.45) is 0 Å². The topological polar surface area (TPSA) is 62.7 Å². The van der Waals surface area contributed by atoms with Gasteiger partial charge in [0.15, 0.2) is 0 Å². The van der Waals surface area contributed by atoms with E-state index in [4.69, 9.17) is 16.7 Å². The summed E-state index contributed by atoms with van der Waals surface area (Å²) in [4.78, 5) is 16.0. The number of para-hydroxylation sites is 1. The molecule has 0 fully saturated rings. The fourth-order valence-electron chi connectivity index (χ4n) is 3.76. The largest absolute Gasteiger partial charge is 0.308 e. The Morgan fingerprint density at radius 3 is 2.28 bits per heavy atom. The number of benzene rings is 3. The highest BCUT2D eigenvalue weighted by atomic mass is 35.5. The summed E-state index contributed by atoms with van der Waals surface area (Å²) in [6.07, 6.45) is 0. The molecule has 158 valence electrons. The molecule has 5 rings (SSSR count). The maximum absolute atomic E-state index is 12.9. The average molecular weight is 441 g/mol. The molecule has 0 aliphatic heterocycles. The van der Waals surface area contributed by atoms with Crippen LogP contribution in [0, 0.1) is 0 Å². The van der Waals surface area contributed by atoms with Crippen LogP contribution in [0.4, 0.5) is 0 Å². The Hall–Kier alpha value is -3.67. The summed E-state index contributed by atoms with van der Waals surface area (Å²) >= 11 is 5.96. The zero-order valence-electron chi connectivity index (χ0n) is 17.3. The smallest absolute Gasteiger partial charge is 0.254 e. The van der Waals surface area contributed by atoms with Gasteiger partial charge in [-0.05, 0) is 35.9 Å². The fraction of sp³-hybridized carbons (Fsp3) is 0.0769. The number of nitrogens with zero attached hydrogens (tertiary/aromatic N) is 2. The Morgan fingerprint density at radius 1 is 0.875 bits per heavy atom. The number of H-pyrrole nitrogens is 1. The minimum atomic E-state index is -0.127. The number of aromatic nitrogens is 3. The van der Waals surface area contributed by atoms with Crippen molar-refractivity contribution in [1.29, 1.82) is 0 Å². The molecule has 5 nitrogen and oxygen atoms in total. The number of rotatable bonds is 6. The first-order valence-corrected chi connectivity index (χ1v) is 10.8. The van der Waals surface area contributed by atoms with Gasteiger partial charge in [0.05, 0.1) is 5.69 Å². The maximum atomic E-state index is 12.9. The highest BCUT2D eigenvalue weighted by molar-refractivity contribution is 6.30. The van der Waals surface area contributed by atoms with E-state index in [0.717, 1.165) is 27.9 Å². The quantitative estimate of drug-likeness (QED) is 0.375. The minimum Gasteiger partial charge on any atom is -0.308 e. The Balaban J connectivity index is 1.54. The van der Waals surface area contributed by atoms with Crippen LogP contribution in [0.25, 0.3) is 28.0 Å². The highest BCUT2D eigenvalue weighted by Gasteiger charge is 2.16. The second kappa shape index (κ2) is 8.83. The standard InChI is InChI=1S/C26H21ClN4O/c27-21-13-11-18(12-14-21)16-28-17-20-15-23-24(19-7-3-1-4-8-19)30-31(25(23)29-26(20)32)22-9-5-2-6-10-22/h1-15,28H,16-17H2,(H,29,32). The summed E-state index contributed by atoms with van der Waals surface area (Å²) in [7, 11) is 0. The molecule has 0 unspecified atom stereocenters. The number of halogens is 1. The predicted octanol–water partition coefficient (Wildman–Crippen LogP) is 5.32. The van der Waals surface area contributed by atoms with Gasteiger partial charge in [0.2, 0.25) is 0 Å². The molecule has 0 saturated heterocycles. The second-order valence-electron chi connectivity index (χ2n) is 7.58. The SMILES string of the molecule is O=c1[nH]c2c(cc1CNCc1ccc(Cl)cc1)c(-c1ccccc1)nn2-c1ccccc1. The van der Waals surface area contributed by atoms with Gasteiger partial charge < -0.3 is 10.3 Å². The van der Waals surface area contributed by atoms with E-state index in [1.807, 2.05) is 91.0 Å². The summed E-state index contributed by atoms with van der Waals surface area (Å²) in [5, 5.41) is 9.83. The Bertz CT molecular complexity index is 1410. The minimum absolute atomic E-state index is 0.127. The van der Waals surface area contributed by atoms with E-state index in [9.17, 15) is 4.79 Å². The normalized spacial score (nSPS) is 11.2. The number of hydrogen-bond donors (Lipinski definition) is 2. The zero-order valence-corrected chi connectivity index (χ0v) is 18.0. The van der Waals surface area contributed by atoms with Crippen molar-refractivity contribution >= 4 is 22.6 Å². The van der Waals surface area contributed by atoms with Crippen molar-refractivity contribution in [2.45, 2.75) is 13.1 Å². The van der Waals surface area contributed by atoms with E-state index in [2.05, 4.69) is 10.3 Å². The molecule has 0 saturated carbocycles. The highest BCUT2D eigenvalue weighted by Crippen LogP contribution is 2.28. The number of hydrogen-bond acceptors (Lipinski definition) is 3. The van der Waals surface area contributed by atoms with Gasteiger partial charge >= 0.3 is 0 Å². The van der Waals surface area contributed by atoms with Gasteiger partial charge in [-0.25, -0.2) is 4.68 Å². The van der Waals surface area contributed by atoms with Gasteiger partial charge in [0, 0.05) is 34.6 Å².